The third-order valence-corrected chi connectivity index (χ3v) is 8.27. The van der Waals surface area contributed by atoms with Crippen LogP contribution in [-0.4, -0.2) is 102 Å². The van der Waals surface area contributed by atoms with Crippen LogP contribution in [0.15, 0.2) is 48.5 Å². The number of hydrogen-bond donors (Lipinski definition) is 4. The zero-order chi connectivity index (χ0) is 31.1. The van der Waals surface area contributed by atoms with Gasteiger partial charge in [-0.2, -0.15) is 0 Å². The number of carbonyl (C=O) groups excluding carboxylic acids is 4. The zero-order valence-electron chi connectivity index (χ0n) is 25.0. The second-order valence-corrected chi connectivity index (χ2v) is 11.6. The molecule has 0 saturated carbocycles. The fourth-order valence-electron chi connectivity index (χ4n) is 5.86. The van der Waals surface area contributed by atoms with Crippen molar-refractivity contribution in [3.63, 3.8) is 0 Å². The third-order valence-electron chi connectivity index (χ3n) is 8.27. The molecule has 236 valence electrons. The molecular weight excluding hydrogens is 566 g/mol. The first-order valence-corrected chi connectivity index (χ1v) is 15.2. The number of rotatable bonds is 6. The number of ether oxygens (including phenoxy) is 2. The maximum absolute atomic E-state index is 13.5. The van der Waals surface area contributed by atoms with Crippen LogP contribution >= 0.6 is 0 Å². The molecular formula is C32H41N5O7. The highest BCUT2D eigenvalue weighted by atomic mass is 16.5. The molecule has 0 aromatic heterocycles. The van der Waals surface area contributed by atoms with E-state index < -0.39 is 48.2 Å². The molecule has 3 aliphatic rings. The summed E-state index contributed by atoms with van der Waals surface area (Å²) in [5, 5.41) is 18.6. The Hall–Kier alpha value is -4.00. The van der Waals surface area contributed by atoms with Crippen molar-refractivity contribution in [1.82, 2.24) is 25.8 Å². The fraction of sp³-hybridized carbons (Fsp3) is 0.500. The van der Waals surface area contributed by atoms with Gasteiger partial charge in [0, 0.05) is 32.7 Å². The van der Waals surface area contributed by atoms with E-state index in [1.54, 1.807) is 29.2 Å². The molecule has 2 fully saturated rings. The van der Waals surface area contributed by atoms with E-state index in [9.17, 15) is 24.3 Å². The van der Waals surface area contributed by atoms with Gasteiger partial charge >= 0.3 is 0 Å². The van der Waals surface area contributed by atoms with Crippen molar-refractivity contribution in [2.45, 2.75) is 63.5 Å². The zero-order valence-corrected chi connectivity index (χ0v) is 25.0. The molecule has 12 nitrogen and oxygen atoms in total. The van der Waals surface area contributed by atoms with E-state index in [1.807, 2.05) is 24.3 Å². The first kappa shape index (κ1) is 31.4. The Morgan fingerprint density at radius 1 is 1.05 bits per heavy atom. The van der Waals surface area contributed by atoms with E-state index in [0.29, 0.717) is 31.9 Å². The smallest absolute Gasteiger partial charge is 0.255 e. The number of aliphatic hydroxyl groups excluding tert-OH is 1. The second-order valence-electron chi connectivity index (χ2n) is 11.6. The van der Waals surface area contributed by atoms with E-state index in [0.717, 1.165) is 37.2 Å². The van der Waals surface area contributed by atoms with Gasteiger partial charge in [-0.05, 0) is 43.0 Å². The summed E-state index contributed by atoms with van der Waals surface area (Å²) in [5.41, 5.74) is 2.20. The van der Waals surface area contributed by atoms with Crippen LogP contribution in [0, 0.1) is 0 Å². The molecule has 12 heteroatoms. The number of nitrogens with one attached hydrogen (secondary N) is 3. The topological polar surface area (TPSA) is 150 Å². The first-order valence-electron chi connectivity index (χ1n) is 15.2. The summed E-state index contributed by atoms with van der Waals surface area (Å²) in [6.07, 6.45) is -0.161. The van der Waals surface area contributed by atoms with Gasteiger partial charge in [0.15, 0.2) is 0 Å². The number of benzene rings is 2. The molecule has 4 amide bonds. The monoisotopic (exact) mass is 607 g/mol. The van der Waals surface area contributed by atoms with Crippen LogP contribution < -0.4 is 20.7 Å². The van der Waals surface area contributed by atoms with Gasteiger partial charge in [-0.1, -0.05) is 36.4 Å². The molecule has 2 aromatic rings. The molecule has 5 rings (SSSR count). The summed E-state index contributed by atoms with van der Waals surface area (Å²) in [6, 6.07) is 11.8. The highest BCUT2D eigenvalue weighted by Crippen LogP contribution is 2.24. The molecule has 2 saturated heterocycles. The molecule has 4 atom stereocenters. The fourth-order valence-corrected chi connectivity index (χ4v) is 5.86. The average Bonchev–Trinajstić information content (AvgIpc) is 3.50. The van der Waals surface area contributed by atoms with Crippen LogP contribution in [0.3, 0.4) is 0 Å². The standard InChI is InChI=1S/C32H41N5O7/c1-21(38)29-32(42)37-11-5-8-24(37)20-44-27-10-3-2-9-25(27)30(40)34-26(17-28(39)35-29)31(41)33-18-22-6-4-7-23(16-22)19-36-12-14-43-15-13-36/h2-4,6-7,9-10,16,21,24,26,29,38H,5,8,11-15,17-20H2,1H3,(H,33,41)(H,34,40)(H,35,39)/t21-,24-,26+,29+/m1/s1. The largest absolute Gasteiger partial charge is 0.491 e. The Labute approximate surface area is 257 Å². The number of nitrogens with zero attached hydrogens (tertiary/aromatic N) is 2. The molecule has 0 spiro atoms. The Morgan fingerprint density at radius 3 is 2.61 bits per heavy atom. The number of amides is 4. The number of fused-ring (bicyclic) bond motifs is 2. The minimum atomic E-state index is -1.25. The first-order chi connectivity index (χ1) is 21.3. The van der Waals surface area contributed by atoms with Crippen molar-refractivity contribution in [3.05, 3.63) is 65.2 Å². The molecule has 0 radical (unpaired) electrons. The lowest BCUT2D eigenvalue weighted by atomic mass is 10.1. The summed E-state index contributed by atoms with van der Waals surface area (Å²) in [5.74, 6) is -1.86. The van der Waals surface area contributed by atoms with Crippen LogP contribution in [0.5, 0.6) is 5.75 Å². The van der Waals surface area contributed by atoms with Crippen LogP contribution in [0.2, 0.25) is 0 Å². The number of hydrogen-bond acceptors (Lipinski definition) is 8. The Kier molecular flexibility index (Phi) is 10.5. The molecule has 2 aromatic carbocycles. The lowest BCUT2D eigenvalue weighted by Crippen LogP contribution is -2.57. The Bertz CT molecular complexity index is 1350. The molecule has 4 N–H and O–H groups in total. The van der Waals surface area contributed by atoms with Crippen molar-refractivity contribution < 1.29 is 33.8 Å². The van der Waals surface area contributed by atoms with E-state index in [4.69, 9.17) is 9.47 Å². The van der Waals surface area contributed by atoms with E-state index in [-0.39, 0.29) is 24.8 Å². The maximum Gasteiger partial charge on any atom is 0.255 e. The predicted octanol–water partition coefficient (Wildman–Crippen LogP) is 0.573. The van der Waals surface area contributed by atoms with Crippen molar-refractivity contribution in [1.29, 1.82) is 0 Å². The SMILES string of the molecule is C[C@@H](O)[C@@H]1NC(=O)C[C@@H](C(=O)NCc2cccc(CN3CCOCC3)c2)NC(=O)c2ccccc2OC[C@H]2CCCN2C1=O. The normalized spacial score (nSPS) is 24.2. The van der Waals surface area contributed by atoms with Gasteiger partial charge in [0.1, 0.15) is 24.4 Å². The van der Waals surface area contributed by atoms with Crippen molar-refractivity contribution in [3.8, 4) is 5.75 Å². The number of morpholine rings is 1. The minimum absolute atomic E-state index is 0.144. The van der Waals surface area contributed by atoms with Gasteiger partial charge in [0.25, 0.3) is 5.91 Å². The molecule has 0 bridgehead atoms. The Morgan fingerprint density at radius 2 is 1.82 bits per heavy atom. The molecule has 3 aliphatic heterocycles. The lowest BCUT2D eigenvalue weighted by Gasteiger charge is -2.31. The average molecular weight is 608 g/mol. The molecule has 0 unspecified atom stereocenters. The lowest BCUT2D eigenvalue weighted by molar-refractivity contribution is -0.140. The van der Waals surface area contributed by atoms with Gasteiger partial charge in [-0.15, -0.1) is 0 Å². The molecule has 44 heavy (non-hydrogen) atoms. The summed E-state index contributed by atoms with van der Waals surface area (Å²) in [7, 11) is 0. The number of para-hydroxylation sites is 1. The van der Waals surface area contributed by atoms with Crippen LogP contribution in [0.4, 0.5) is 0 Å². The van der Waals surface area contributed by atoms with Gasteiger partial charge in [0.2, 0.25) is 17.7 Å². The number of carbonyl (C=O) groups is 4. The second kappa shape index (κ2) is 14.7. The highest BCUT2D eigenvalue weighted by Gasteiger charge is 2.37. The highest BCUT2D eigenvalue weighted by molar-refractivity contribution is 6.01. The Balaban J connectivity index is 1.33. The summed E-state index contributed by atoms with van der Waals surface area (Å²) < 4.78 is 11.5. The van der Waals surface area contributed by atoms with Crippen LogP contribution in [-0.2, 0) is 32.2 Å². The van der Waals surface area contributed by atoms with Crippen molar-refractivity contribution in [2.75, 3.05) is 39.5 Å². The van der Waals surface area contributed by atoms with Crippen molar-refractivity contribution >= 4 is 23.6 Å². The van der Waals surface area contributed by atoms with Gasteiger partial charge in [-0.25, -0.2) is 0 Å². The van der Waals surface area contributed by atoms with E-state index in [2.05, 4.69) is 20.9 Å². The quantitative estimate of drug-likeness (QED) is 0.373. The summed E-state index contributed by atoms with van der Waals surface area (Å²) >= 11 is 0. The molecule has 3 heterocycles. The molecule has 0 aliphatic carbocycles. The van der Waals surface area contributed by atoms with E-state index in [1.165, 1.54) is 6.92 Å². The predicted molar refractivity (Wildman–Crippen MR) is 161 cm³/mol. The number of aliphatic hydroxyl groups is 1. The minimum Gasteiger partial charge on any atom is -0.491 e. The maximum atomic E-state index is 13.5. The van der Waals surface area contributed by atoms with Crippen molar-refractivity contribution in [2.24, 2.45) is 0 Å². The summed E-state index contributed by atoms with van der Waals surface area (Å²) in [4.78, 5) is 57.5. The van der Waals surface area contributed by atoms with Gasteiger partial charge < -0.3 is 35.4 Å². The van der Waals surface area contributed by atoms with Crippen LogP contribution in [0.1, 0.15) is 47.7 Å². The van der Waals surface area contributed by atoms with Gasteiger partial charge in [-0.3, -0.25) is 24.1 Å². The van der Waals surface area contributed by atoms with Crippen LogP contribution in [0.25, 0.3) is 0 Å². The van der Waals surface area contributed by atoms with E-state index >= 15 is 0 Å². The summed E-state index contributed by atoms with van der Waals surface area (Å²) in [6.45, 7) is 6.13. The van der Waals surface area contributed by atoms with Gasteiger partial charge in [0.05, 0.1) is 37.3 Å². The third kappa shape index (κ3) is 7.93.